The molecule has 21 heavy (non-hydrogen) atoms. The topological polar surface area (TPSA) is 75.6 Å². The molecule has 2 N–H and O–H groups in total. The largest absolute Gasteiger partial charge is 0.495 e. The number of aryl methyl sites for hydroxylation is 2. The average molecular weight is 327 g/mol. The molecule has 2 aromatic rings. The number of aliphatic hydroxyl groups is 1. The number of anilines is 1. The summed E-state index contributed by atoms with van der Waals surface area (Å²) in [5, 5.41) is 11.0. The van der Waals surface area contributed by atoms with Crippen molar-refractivity contribution in [1.29, 1.82) is 0 Å². The molecule has 5 nitrogen and oxygen atoms in total. The number of hydrogen-bond donors (Lipinski definition) is 2. The molecule has 7 heteroatoms. The van der Waals surface area contributed by atoms with E-state index in [-0.39, 0.29) is 11.5 Å². The number of rotatable bonds is 5. The highest BCUT2D eigenvalue weighted by Crippen LogP contribution is 2.32. The van der Waals surface area contributed by atoms with Gasteiger partial charge in [-0.3, -0.25) is 4.72 Å². The van der Waals surface area contributed by atoms with Gasteiger partial charge >= 0.3 is 0 Å². The van der Waals surface area contributed by atoms with Gasteiger partial charge in [-0.25, -0.2) is 8.42 Å². The van der Waals surface area contributed by atoms with Crippen LogP contribution in [-0.4, -0.2) is 20.6 Å². The van der Waals surface area contributed by atoms with Crippen LogP contribution in [0.3, 0.4) is 0 Å². The number of benzene rings is 1. The summed E-state index contributed by atoms with van der Waals surface area (Å²) in [4.78, 5) is 0.560. The third kappa shape index (κ3) is 3.20. The van der Waals surface area contributed by atoms with Gasteiger partial charge in [0.15, 0.2) is 0 Å². The summed E-state index contributed by atoms with van der Waals surface area (Å²) in [5.41, 5.74) is 1.91. The number of sulfonamides is 1. The maximum Gasteiger partial charge on any atom is 0.263 e. The zero-order valence-electron chi connectivity index (χ0n) is 12.0. The Labute approximate surface area is 128 Å². The van der Waals surface area contributed by atoms with Crippen LogP contribution in [0.2, 0.25) is 0 Å². The van der Waals surface area contributed by atoms with Crippen LogP contribution in [0.25, 0.3) is 0 Å². The second-order valence-electron chi connectivity index (χ2n) is 4.64. The quantitative estimate of drug-likeness (QED) is 0.885. The van der Waals surface area contributed by atoms with Crippen molar-refractivity contribution in [3.8, 4) is 5.75 Å². The predicted molar refractivity (Wildman–Crippen MR) is 83.5 cm³/mol. The first-order valence-corrected chi connectivity index (χ1v) is 8.60. The van der Waals surface area contributed by atoms with Crippen molar-refractivity contribution in [3.05, 3.63) is 39.6 Å². The van der Waals surface area contributed by atoms with Crippen LogP contribution in [0.5, 0.6) is 5.75 Å². The summed E-state index contributed by atoms with van der Waals surface area (Å²) in [6.45, 7) is 3.27. The maximum atomic E-state index is 12.6. The fourth-order valence-corrected chi connectivity index (χ4v) is 4.78. The summed E-state index contributed by atoms with van der Waals surface area (Å²) >= 11 is 1.23. The second-order valence-corrected chi connectivity index (χ2v) is 7.22. The van der Waals surface area contributed by atoms with E-state index < -0.39 is 10.0 Å². The van der Waals surface area contributed by atoms with Crippen LogP contribution >= 0.6 is 11.3 Å². The van der Waals surface area contributed by atoms with Crippen molar-refractivity contribution in [2.45, 2.75) is 25.3 Å². The molecular formula is C14H17NO4S2. The summed E-state index contributed by atoms with van der Waals surface area (Å²) < 4.78 is 32.9. The van der Waals surface area contributed by atoms with E-state index in [1.54, 1.807) is 24.4 Å². The van der Waals surface area contributed by atoms with Gasteiger partial charge in [0.2, 0.25) is 0 Å². The lowest BCUT2D eigenvalue weighted by Gasteiger charge is -2.13. The molecule has 0 saturated carbocycles. The first-order valence-electron chi connectivity index (χ1n) is 6.24. The Hall–Kier alpha value is -1.57. The minimum Gasteiger partial charge on any atom is -0.495 e. The van der Waals surface area contributed by atoms with Gasteiger partial charge in [-0.05, 0) is 42.5 Å². The minimum atomic E-state index is -3.77. The molecule has 0 aliphatic carbocycles. The highest BCUT2D eigenvalue weighted by atomic mass is 32.2. The SMILES string of the molecule is COc1ccc(C)cc1NS(=O)(=O)c1c(C)csc1CO. The zero-order valence-corrected chi connectivity index (χ0v) is 13.6. The second kappa shape index (κ2) is 6.05. The van der Waals surface area contributed by atoms with Crippen LogP contribution in [0.1, 0.15) is 16.0 Å². The van der Waals surface area contributed by atoms with E-state index in [1.807, 2.05) is 13.0 Å². The number of aliphatic hydroxyl groups excluding tert-OH is 1. The van der Waals surface area contributed by atoms with Gasteiger partial charge < -0.3 is 9.84 Å². The van der Waals surface area contributed by atoms with E-state index in [0.717, 1.165) is 5.56 Å². The lowest BCUT2D eigenvalue weighted by molar-refractivity contribution is 0.282. The molecule has 0 saturated heterocycles. The molecule has 0 aliphatic heterocycles. The monoisotopic (exact) mass is 327 g/mol. The standard InChI is InChI=1S/C14H17NO4S2/c1-9-4-5-12(19-3)11(6-9)15-21(17,18)14-10(2)8-20-13(14)7-16/h4-6,8,15-16H,7H2,1-3H3. The van der Waals surface area contributed by atoms with Crippen LogP contribution in [0, 0.1) is 13.8 Å². The zero-order chi connectivity index (χ0) is 15.6. The predicted octanol–water partition coefficient (Wildman–Crippen LogP) is 2.67. The van der Waals surface area contributed by atoms with Gasteiger partial charge in [0.05, 0.1) is 24.3 Å². The number of methoxy groups -OCH3 is 1. The highest BCUT2D eigenvalue weighted by molar-refractivity contribution is 7.93. The van der Waals surface area contributed by atoms with Gasteiger partial charge in [-0.15, -0.1) is 11.3 Å². The van der Waals surface area contributed by atoms with Crippen molar-refractivity contribution in [2.75, 3.05) is 11.8 Å². The van der Waals surface area contributed by atoms with Crippen LogP contribution in [-0.2, 0) is 16.6 Å². The molecule has 1 heterocycles. The molecule has 0 amide bonds. The summed E-state index contributed by atoms with van der Waals surface area (Å²) in [6.07, 6.45) is 0. The summed E-state index contributed by atoms with van der Waals surface area (Å²) in [7, 11) is -2.29. The number of nitrogens with one attached hydrogen (secondary N) is 1. The first-order chi connectivity index (χ1) is 9.89. The van der Waals surface area contributed by atoms with Gasteiger partial charge in [0.25, 0.3) is 10.0 Å². The molecule has 2 rings (SSSR count). The molecule has 114 valence electrons. The van der Waals surface area contributed by atoms with Crippen molar-refractivity contribution >= 4 is 27.0 Å². The molecule has 1 aromatic carbocycles. The van der Waals surface area contributed by atoms with Crippen LogP contribution in [0.15, 0.2) is 28.5 Å². The van der Waals surface area contributed by atoms with Crippen LogP contribution < -0.4 is 9.46 Å². The average Bonchev–Trinajstić information content (AvgIpc) is 2.80. The van der Waals surface area contributed by atoms with Gasteiger partial charge in [0.1, 0.15) is 10.6 Å². The molecule has 0 bridgehead atoms. The van der Waals surface area contributed by atoms with Crippen molar-refractivity contribution in [3.63, 3.8) is 0 Å². The molecule has 0 aliphatic rings. The normalized spacial score (nSPS) is 11.4. The minimum absolute atomic E-state index is 0.138. The number of ether oxygens (including phenoxy) is 1. The third-order valence-electron chi connectivity index (χ3n) is 3.00. The Morgan fingerprint density at radius 1 is 1.33 bits per heavy atom. The Kier molecular flexibility index (Phi) is 4.55. The van der Waals surface area contributed by atoms with E-state index in [2.05, 4.69) is 4.72 Å². The third-order valence-corrected chi connectivity index (χ3v) is 5.81. The summed E-state index contributed by atoms with van der Waals surface area (Å²) in [6, 6.07) is 5.25. The molecule has 0 fully saturated rings. The van der Waals surface area contributed by atoms with Crippen molar-refractivity contribution in [1.82, 2.24) is 0 Å². The summed E-state index contributed by atoms with van der Waals surface area (Å²) in [5.74, 6) is 0.447. The maximum absolute atomic E-state index is 12.6. The molecule has 0 radical (unpaired) electrons. The van der Waals surface area contributed by atoms with Gasteiger partial charge in [-0.2, -0.15) is 0 Å². The van der Waals surface area contributed by atoms with E-state index in [4.69, 9.17) is 4.74 Å². The van der Waals surface area contributed by atoms with E-state index >= 15 is 0 Å². The fourth-order valence-electron chi connectivity index (χ4n) is 2.05. The number of thiophene rings is 1. The molecule has 0 unspecified atom stereocenters. The van der Waals surface area contributed by atoms with Gasteiger partial charge in [0, 0.05) is 0 Å². The van der Waals surface area contributed by atoms with E-state index in [9.17, 15) is 13.5 Å². The van der Waals surface area contributed by atoms with Gasteiger partial charge in [-0.1, -0.05) is 6.07 Å². The Morgan fingerprint density at radius 3 is 2.67 bits per heavy atom. The van der Waals surface area contributed by atoms with E-state index in [1.165, 1.54) is 18.4 Å². The highest BCUT2D eigenvalue weighted by Gasteiger charge is 2.24. The Balaban J connectivity index is 2.47. The fraction of sp³-hybridized carbons (Fsp3) is 0.286. The molecule has 1 aromatic heterocycles. The Bertz CT molecular complexity index is 750. The van der Waals surface area contributed by atoms with E-state index in [0.29, 0.717) is 21.9 Å². The Morgan fingerprint density at radius 2 is 2.05 bits per heavy atom. The first kappa shape index (κ1) is 15.8. The van der Waals surface area contributed by atoms with Crippen molar-refractivity contribution in [2.24, 2.45) is 0 Å². The molecular weight excluding hydrogens is 310 g/mol. The molecule has 0 spiro atoms. The number of hydrogen-bond acceptors (Lipinski definition) is 5. The van der Waals surface area contributed by atoms with Crippen molar-refractivity contribution < 1.29 is 18.3 Å². The lowest BCUT2D eigenvalue weighted by Crippen LogP contribution is -2.15. The lowest BCUT2D eigenvalue weighted by atomic mass is 10.2. The smallest absolute Gasteiger partial charge is 0.263 e. The molecule has 0 atom stereocenters. The van der Waals surface area contributed by atoms with Crippen LogP contribution in [0.4, 0.5) is 5.69 Å².